The molecule has 0 radical (unpaired) electrons. The first-order valence-corrected chi connectivity index (χ1v) is 5.27. The summed E-state index contributed by atoms with van der Waals surface area (Å²) >= 11 is 0. The molecule has 0 spiro atoms. The summed E-state index contributed by atoms with van der Waals surface area (Å²) in [5.74, 6) is 5.84. The van der Waals surface area contributed by atoms with Crippen molar-refractivity contribution in [3.05, 3.63) is 35.9 Å². The highest BCUT2D eigenvalue weighted by Gasteiger charge is 1.98. The van der Waals surface area contributed by atoms with Gasteiger partial charge in [-0.3, -0.25) is 0 Å². The molecule has 0 aliphatic rings. The number of amides is 2. The Balaban J connectivity index is 2.31. The van der Waals surface area contributed by atoms with Gasteiger partial charge in [0.05, 0.1) is 6.54 Å². The topological polar surface area (TPSA) is 41.1 Å². The van der Waals surface area contributed by atoms with Gasteiger partial charge in [0.2, 0.25) is 0 Å². The number of benzene rings is 1. The van der Waals surface area contributed by atoms with Gasteiger partial charge in [-0.1, -0.05) is 30.0 Å². The van der Waals surface area contributed by atoms with Crippen LogP contribution in [0.5, 0.6) is 0 Å². The summed E-state index contributed by atoms with van der Waals surface area (Å²) < 4.78 is 0. The van der Waals surface area contributed by atoms with Crippen molar-refractivity contribution in [2.24, 2.45) is 0 Å². The molecule has 1 aromatic rings. The molecule has 3 nitrogen and oxygen atoms in total. The zero-order chi connectivity index (χ0) is 11.8. The van der Waals surface area contributed by atoms with Crippen LogP contribution in [0.4, 0.5) is 4.79 Å². The fourth-order valence-corrected chi connectivity index (χ4v) is 1.11. The van der Waals surface area contributed by atoms with E-state index in [1.807, 2.05) is 44.2 Å². The van der Waals surface area contributed by atoms with E-state index in [2.05, 4.69) is 22.5 Å². The van der Waals surface area contributed by atoms with Crippen molar-refractivity contribution >= 4 is 6.03 Å². The third-order valence-corrected chi connectivity index (χ3v) is 1.76. The van der Waals surface area contributed by atoms with E-state index < -0.39 is 0 Å². The Hall–Kier alpha value is -1.95. The highest BCUT2D eigenvalue weighted by atomic mass is 16.2. The van der Waals surface area contributed by atoms with Crippen LogP contribution in [0, 0.1) is 11.8 Å². The normalized spacial score (nSPS) is 9.19. The molecule has 0 aliphatic carbocycles. The van der Waals surface area contributed by atoms with Gasteiger partial charge in [-0.15, -0.1) is 0 Å². The number of rotatable bonds is 2. The van der Waals surface area contributed by atoms with E-state index >= 15 is 0 Å². The predicted octanol–water partition coefficient (Wildman–Crippen LogP) is 1.75. The monoisotopic (exact) mass is 216 g/mol. The first-order chi connectivity index (χ1) is 7.68. The van der Waals surface area contributed by atoms with Crippen molar-refractivity contribution in [3.63, 3.8) is 0 Å². The average molecular weight is 216 g/mol. The Bertz CT molecular complexity index is 387. The molecule has 2 N–H and O–H groups in total. The predicted molar refractivity (Wildman–Crippen MR) is 65.0 cm³/mol. The second kappa shape index (κ2) is 6.52. The molecule has 0 saturated carbocycles. The maximum absolute atomic E-state index is 11.2. The van der Waals surface area contributed by atoms with Crippen LogP contribution in [0.1, 0.15) is 19.4 Å². The van der Waals surface area contributed by atoms with Gasteiger partial charge >= 0.3 is 6.03 Å². The van der Waals surface area contributed by atoms with Crippen LogP contribution >= 0.6 is 0 Å². The van der Waals surface area contributed by atoms with E-state index in [4.69, 9.17) is 0 Å². The van der Waals surface area contributed by atoms with Gasteiger partial charge in [0.1, 0.15) is 0 Å². The lowest BCUT2D eigenvalue weighted by molar-refractivity contribution is 0.240. The van der Waals surface area contributed by atoms with Gasteiger partial charge in [0, 0.05) is 11.6 Å². The largest absolute Gasteiger partial charge is 0.336 e. The molecule has 1 aromatic carbocycles. The first-order valence-electron chi connectivity index (χ1n) is 5.27. The van der Waals surface area contributed by atoms with Crippen LogP contribution in [0.2, 0.25) is 0 Å². The van der Waals surface area contributed by atoms with Gasteiger partial charge in [0.25, 0.3) is 0 Å². The highest BCUT2D eigenvalue weighted by Crippen LogP contribution is 1.93. The molecular formula is C13H16N2O. The molecule has 3 heteroatoms. The van der Waals surface area contributed by atoms with Gasteiger partial charge in [-0.25, -0.2) is 4.79 Å². The maximum Gasteiger partial charge on any atom is 0.315 e. The molecule has 84 valence electrons. The SMILES string of the molecule is CC(C)NC(=O)NCC#Cc1ccccc1. The summed E-state index contributed by atoms with van der Waals surface area (Å²) in [4.78, 5) is 11.2. The molecule has 0 atom stereocenters. The Morgan fingerprint density at radius 1 is 1.31 bits per heavy atom. The Morgan fingerprint density at radius 2 is 2.00 bits per heavy atom. The Kier molecular flexibility index (Phi) is 4.94. The molecule has 2 amide bonds. The van der Waals surface area contributed by atoms with Gasteiger partial charge in [0.15, 0.2) is 0 Å². The van der Waals surface area contributed by atoms with Crippen LogP contribution in [0.3, 0.4) is 0 Å². The quantitative estimate of drug-likeness (QED) is 0.726. The molecule has 1 rings (SSSR count). The number of urea groups is 1. The summed E-state index contributed by atoms with van der Waals surface area (Å²) in [7, 11) is 0. The molecule has 0 unspecified atom stereocenters. The van der Waals surface area contributed by atoms with E-state index in [9.17, 15) is 4.79 Å². The first kappa shape index (κ1) is 12.1. The minimum absolute atomic E-state index is 0.141. The van der Waals surface area contributed by atoms with Crippen LogP contribution in [-0.4, -0.2) is 18.6 Å². The summed E-state index contributed by atoms with van der Waals surface area (Å²) in [6.07, 6.45) is 0. The van der Waals surface area contributed by atoms with Crippen molar-refractivity contribution in [1.82, 2.24) is 10.6 Å². The minimum atomic E-state index is -0.183. The lowest BCUT2D eigenvalue weighted by Gasteiger charge is -2.07. The van der Waals surface area contributed by atoms with E-state index in [1.54, 1.807) is 0 Å². The van der Waals surface area contributed by atoms with E-state index in [0.717, 1.165) is 5.56 Å². The third kappa shape index (κ3) is 5.06. The second-order valence-corrected chi connectivity index (χ2v) is 3.65. The zero-order valence-electron chi connectivity index (χ0n) is 9.58. The molecule has 0 heterocycles. The fourth-order valence-electron chi connectivity index (χ4n) is 1.11. The van der Waals surface area contributed by atoms with Crippen LogP contribution in [-0.2, 0) is 0 Å². The number of carbonyl (C=O) groups excluding carboxylic acids is 1. The number of nitrogens with one attached hydrogen (secondary N) is 2. The standard InChI is InChI=1S/C13H16N2O/c1-11(2)15-13(16)14-10-6-9-12-7-4-3-5-8-12/h3-5,7-8,11H,10H2,1-2H3,(H2,14,15,16). The van der Waals surface area contributed by atoms with Crippen molar-refractivity contribution < 1.29 is 4.79 Å². The number of carbonyl (C=O) groups is 1. The smallest absolute Gasteiger partial charge is 0.315 e. The van der Waals surface area contributed by atoms with Crippen molar-refractivity contribution in [3.8, 4) is 11.8 Å². The lowest BCUT2D eigenvalue weighted by atomic mass is 10.2. The zero-order valence-corrected chi connectivity index (χ0v) is 9.58. The molecule has 0 fully saturated rings. The Morgan fingerprint density at radius 3 is 2.62 bits per heavy atom. The number of hydrogen-bond acceptors (Lipinski definition) is 1. The molecule has 0 saturated heterocycles. The minimum Gasteiger partial charge on any atom is -0.336 e. The summed E-state index contributed by atoms with van der Waals surface area (Å²) in [5.41, 5.74) is 0.952. The van der Waals surface area contributed by atoms with Crippen molar-refractivity contribution in [2.45, 2.75) is 19.9 Å². The van der Waals surface area contributed by atoms with Gasteiger partial charge in [-0.2, -0.15) is 0 Å². The third-order valence-electron chi connectivity index (χ3n) is 1.76. The van der Waals surface area contributed by atoms with Crippen LogP contribution < -0.4 is 10.6 Å². The molecule has 0 bridgehead atoms. The van der Waals surface area contributed by atoms with E-state index in [1.165, 1.54) is 0 Å². The van der Waals surface area contributed by atoms with E-state index in [-0.39, 0.29) is 12.1 Å². The fraction of sp³-hybridized carbons (Fsp3) is 0.308. The lowest BCUT2D eigenvalue weighted by Crippen LogP contribution is -2.39. The van der Waals surface area contributed by atoms with Crippen molar-refractivity contribution in [1.29, 1.82) is 0 Å². The van der Waals surface area contributed by atoms with Crippen LogP contribution in [0.25, 0.3) is 0 Å². The Labute approximate surface area is 96.2 Å². The second-order valence-electron chi connectivity index (χ2n) is 3.65. The molecule has 0 aromatic heterocycles. The average Bonchev–Trinajstić information content (AvgIpc) is 2.25. The highest BCUT2D eigenvalue weighted by molar-refractivity contribution is 5.74. The molecule has 0 aliphatic heterocycles. The molecular weight excluding hydrogens is 200 g/mol. The summed E-state index contributed by atoms with van der Waals surface area (Å²) in [6, 6.07) is 9.63. The van der Waals surface area contributed by atoms with Gasteiger partial charge in [-0.05, 0) is 26.0 Å². The molecule has 16 heavy (non-hydrogen) atoms. The summed E-state index contributed by atoms with van der Waals surface area (Å²) in [5, 5.41) is 5.38. The van der Waals surface area contributed by atoms with Crippen LogP contribution in [0.15, 0.2) is 30.3 Å². The van der Waals surface area contributed by atoms with Gasteiger partial charge < -0.3 is 10.6 Å². The van der Waals surface area contributed by atoms with E-state index in [0.29, 0.717) is 6.54 Å². The number of hydrogen-bond donors (Lipinski definition) is 2. The summed E-state index contributed by atoms with van der Waals surface area (Å²) in [6.45, 7) is 4.18. The maximum atomic E-state index is 11.2. The van der Waals surface area contributed by atoms with Crippen molar-refractivity contribution in [2.75, 3.05) is 6.54 Å².